The number of benzene rings is 3. The lowest BCUT2D eigenvalue weighted by atomic mass is 10.0. The number of rotatable bonds is 15. The molecule has 1 heterocycles. The quantitative estimate of drug-likeness (QED) is 0.0788. The normalized spacial score (nSPS) is 11.2. The van der Waals surface area contributed by atoms with E-state index in [1.165, 1.54) is 10.8 Å². The predicted molar refractivity (Wildman–Crippen MR) is 168 cm³/mol. The van der Waals surface area contributed by atoms with E-state index in [9.17, 15) is 19.5 Å². The molecule has 0 aliphatic heterocycles. The standard InChI is InChI=1S/C33H31Cl2NO7/c1-21-17-24(34)18-28(35)33(21)43-16-3-2-15-42-25-11-8-22(9-12-25)7-10-23-5-4-6-26-27(29(37)13-14-30(38)39)19-36(32(23)26)20-31(40)41/h4-12,17-19H,2-3,13-16,20H2,1H3,(H,38,39)(H,40,41). The van der Waals surface area contributed by atoms with Crippen LogP contribution in [0, 0.1) is 6.92 Å². The molecule has 0 bridgehead atoms. The number of para-hydroxylation sites is 1. The first kappa shape index (κ1) is 31.7. The van der Waals surface area contributed by atoms with Crippen LogP contribution in [0.5, 0.6) is 11.5 Å². The minimum absolute atomic E-state index is 0.165. The van der Waals surface area contributed by atoms with Crippen LogP contribution in [0.15, 0.2) is 60.8 Å². The molecule has 4 aromatic rings. The van der Waals surface area contributed by atoms with Crippen molar-refractivity contribution in [3.8, 4) is 11.5 Å². The monoisotopic (exact) mass is 623 g/mol. The molecule has 3 aromatic carbocycles. The molecule has 0 unspecified atom stereocenters. The Labute approximate surface area is 259 Å². The van der Waals surface area contributed by atoms with E-state index in [-0.39, 0.29) is 25.2 Å². The lowest BCUT2D eigenvalue weighted by molar-refractivity contribution is -0.138. The summed E-state index contributed by atoms with van der Waals surface area (Å²) in [5.41, 5.74) is 3.43. The van der Waals surface area contributed by atoms with E-state index in [2.05, 4.69) is 0 Å². The van der Waals surface area contributed by atoms with Crippen LogP contribution >= 0.6 is 23.2 Å². The molecule has 224 valence electrons. The number of Topliss-reactive ketones (excluding diaryl/α,β-unsaturated/α-hetero) is 1. The van der Waals surface area contributed by atoms with Crippen LogP contribution < -0.4 is 9.47 Å². The third-order valence-corrected chi connectivity index (χ3v) is 7.18. The maximum absolute atomic E-state index is 12.7. The molecule has 0 spiro atoms. The summed E-state index contributed by atoms with van der Waals surface area (Å²) >= 11 is 12.2. The van der Waals surface area contributed by atoms with Gasteiger partial charge in [-0.1, -0.05) is 65.7 Å². The van der Waals surface area contributed by atoms with E-state index in [1.807, 2.05) is 55.5 Å². The third kappa shape index (κ3) is 8.63. The van der Waals surface area contributed by atoms with Crippen molar-refractivity contribution < 1.29 is 34.1 Å². The number of ether oxygens (including phenoxy) is 2. The SMILES string of the molecule is Cc1cc(Cl)cc(Cl)c1OCCCCOc1ccc(C=Cc2cccc3c(C(=O)CCC(=O)O)cn(CC(=O)O)c23)cc1. The molecule has 8 nitrogen and oxygen atoms in total. The van der Waals surface area contributed by atoms with Gasteiger partial charge in [-0.2, -0.15) is 0 Å². The number of aryl methyl sites for hydroxylation is 1. The van der Waals surface area contributed by atoms with E-state index in [0.717, 1.165) is 35.3 Å². The molecule has 43 heavy (non-hydrogen) atoms. The first-order valence-corrected chi connectivity index (χ1v) is 14.5. The van der Waals surface area contributed by atoms with Gasteiger partial charge in [0.1, 0.15) is 18.0 Å². The molecule has 0 amide bonds. The van der Waals surface area contributed by atoms with E-state index in [0.29, 0.717) is 45.5 Å². The zero-order valence-electron chi connectivity index (χ0n) is 23.5. The Bertz CT molecular complexity index is 1640. The van der Waals surface area contributed by atoms with Gasteiger partial charge in [0.25, 0.3) is 0 Å². The highest BCUT2D eigenvalue weighted by Gasteiger charge is 2.18. The average molecular weight is 625 g/mol. The van der Waals surface area contributed by atoms with Crippen molar-refractivity contribution in [3.05, 3.63) is 93.1 Å². The van der Waals surface area contributed by atoms with Crippen LogP contribution in [0.3, 0.4) is 0 Å². The lowest BCUT2D eigenvalue weighted by Crippen LogP contribution is -2.08. The number of hydrogen-bond acceptors (Lipinski definition) is 5. The van der Waals surface area contributed by atoms with Gasteiger partial charge in [-0.15, -0.1) is 0 Å². The Hall–Kier alpha value is -4.27. The third-order valence-electron chi connectivity index (χ3n) is 6.68. The summed E-state index contributed by atoms with van der Waals surface area (Å²) in [5.74, 6) is -1.09. The van der Waals surface area contributed by atoms with Crippen molar-refractivity contribution in [2.24, 2.45) is 0 Å². The number of carboxylic acids is 2. The van der Waals surface area contributed by atoms with Crippen molar-refractivity contribution >= 4 is 64.0 Å². The number of aliphatic carboxylic acids is 2. The molecule has 1 aromatic heterocycles. The molecular formula is C33H31Cl2NO7. The Balaban J connectivity index is 1.36. The maximum atomic E-state index is 12.7. The van der Waals surface area contributed by atoms with E-state index >= 15 is 0 Å². The summed E-state index contributed by atoms with van der Waals surface area (Å²) < 4.78 is 13.2. The summed E-state index contributed by atoms with van der Waals surface area (Å²) in [4.78, 5) is 35.2. The van der Waals surface area contributed by atoms with Gasteiger partial charge in [0.15, 0.2) is 5.78 Å². The molecule has 2 N–H and O–H groups in total. The van der Waals surface area contributed by atoms with Gasteiger partial charge in [-0.05, 0) is 60.7 Å². The number of nitrogens with zero attached hydrogens (tertiary/aromatic N) is 1. The number of aromatic nitrogens is 1. The molecule has 4 rings (SSSR count). The number of unbranched alkanes of at least 4 members (excludes halogenated alkanes) is 1. The van der Waals surface area contributed by atoms with Gasteiger partial charge in [0, 0.05) is 28.6 Å². The van der Waals surface area contributed by atoms with Gasteiger partial charge in [-0.25, -0.2) is 0 Å². The summed E-state index contributed by atoms with van der Waals surface area (Å²) in [7, 11) is 0. The number of halogens is 2. The minimum Gasteiger partial charge on any atom is -0.494 e. The minimum atomic E-state index is -1.07. The second-order valence-corrected chi connectivity index (χ2v) is 10.8. The highest BCUT2D eigenvalue weighted by molar-refractivity contribution is 6.35. The van der Waals surface area contributed by atoms with Gasteiger partial charge in [0.05, 0.1) is 30.2 Å². The van der Waals surface area contributed by atoms with Crippen LogP contribution in [0.4, 0.5) is 0 Å². The summed E-state index contributed by atoms with van der Waals surface area (Å²) in [6.07, 6.45) is 6.38. The van der Waals surface area contributed by atoms with Crippen molar-refractivity contribution in [2.45, 2.75) is 39.2 Å². The fraction of sp³-hybridized carbons (Fsp3) is 0.242. The van der Waals surface area contributed by atoms with Crippen molar-refractivity contribution in [2.75, 3.05) is 13.2 Å². The lowest BCUT2D eigenvalue weighted by Gasteiger charge is -2.11. The summed E-state index contributed by atoms with van der Waals surface area (Å²) in [6.45, 7) is 2.61. The Morgan fingerprint density at radius 2 is 1.60 bits per heavy atom. The van der Waals surface area contributed by atoms with Crippen LogP contribution in [0.1, 0.15) is 52.7 Å². The van der Waals surface area contributed by atoms with Gasteiger partial charge < -0.3 is 24.3 Å². The Morgan fingerprint density at radius 3 is 2.28 bits per heavy atom. The number of carbonyl (C=O) groups is 3. The maximum Gasteiger partial charge on any atom is 0.323 e. The van der Waals surface area contributed by atoms with Gasteiger partial charge in [0.2, 0.25) is 0 Å². The number of carboxylic acid groups (broad SMARTS) is 2. The van der Waals surface area contributed by atoms with Gasteiger partial charge >= 0.3 is 11.9 Å². The molecule has 0 aliphatic carbocycles. The second-order valence-electron chi connectivity index (χ2n) is 9.96. The average Bonchev–Trinajstić information content (AvgIpc) is 3.32. The predicted octanol–water partition coefficient (Wildman–Crippen LogP) is 7.80. The summed E-state index contributed by atoms with van der Waals surface area (Å²) in [5, 5.41) is 20.0. The number of carbonyl (C=O) groups excluding carboxylic acids is 1. The number of fused-ring (bicyclic) bond motifs is 1. The zero-order valence-corrected chi connectivity index (χ0v) is 25.0. The molecule has 0 saturated heterocycles. The molecule has 0 fully saturated rings. The van der Waals surface area contributed by atoms with E-state index < -0.39 is 11.9 Å². The van der Waals surface area contributed by atoms with Crippen LogP contribution in [0.2, 0.25) is 10.0 Å². The highest BCUT2D eigenvalue weighted by Crippen LogP contribution is 2.32. The van der Waals surface area contributed by atoms with Crippen LogP contribution in [-0.4, -0.2) is 45.7 Å². The molecule has 0 aliphatic rings. The van der Waals surface area contributed by atoms with E-state index in [4.69, 9.17) is 37.8 Å². The second kappa shape index (κ2) is 14.8. The van der Waals surface area contributed by atoms with Gasteiger partial charge in [-0.3, -0.25) is 14.4 Å². The topological polar surface area (TPSA) is 115 Å². The molecule has 0 atom stereocenters. The Kier molecular flexibility index (Phi) is 10.9. The Morgan fingerprint density at radius 1 is 0.884 bits per heavy atom. The molecule has 0 saturated carbocycles. The fourth-order valence-corrected chi connectivity index (χ4v) is 5.32. The molecule has 0 radical (unpaired) electrons. The van der Waals surface area contributed by atoms with Crippen molar-refractivity contribution in [1.29, 1.82) is 0 Å². The fourth-order valence-electron chi connectivity index (χ4n) is 4.67. The first-order chi connectivity index (χ1) is 20.6. The summed E-state index contributed by atoms with van der Waals surface area (Å²) in [6, 6.07) is 16.4. The van der Waals surface area contributed by atoms with Crippen molar-refractivity contribution in [3.63, 3.8) is 0 Å². The van der Waals surface area contributed by atoms with Crippen molar-refractivity contribution in [1.82, 2.24) is 4.57 Å². The largest absolute Gasteiger partial charge is 0.494 e. The molecule has 10 heteroatoms. The van der Waals surface area contributed by atoms with Crippen LogP contribution in [0.25, 0.3) is 23.1 Å². The van der Waals surface area contributed by atoms with E-state index in [1.54, 1.807) is 18.2 Å². The highest BCUT2D eigenvalue weighted by atomic mass is 35.5. The zero-order chi connectivity index (χ0) is 30.9. The smallest absolute Gasteiger partial charge is 0.323 e. The number of hydrogen-bond donors (Lipinski definition) is 2. The first-order valence-electron chi connectivity index (χ1n) is 13.7. The van der Waals surface area contributed by atoms with Crippen LogP contribution in [-0.2, 0) is 16.1 Å². The number of ketones is 1. The molecular weight excluding hydrogens is 593 g/mol.